The molecule has 1 aliphatic rings. The van der Waals surface area contributed by atoms with Crippen LogP contribution in [0.25, 0.3) is 11.1 Å². The molecule has 1 heteroatoms. The lowest BCUT2D eigenvalue weighted by molar-refractivity contribution is 0.688. The minimum Gasteiger partial charge on any atom is -0.310 e. The van der Waals surface area contributed by atoms with Crippen LogP contribution in [0, 0.1) is 13.8 Å². The third-order valence-corrected chi connectivity index (χ3v) is 3.94. The lowest BCUT2D eigenvalue weighted by Crippen LogP contribution is -2.15. The van der Waals surface area contributed by atoms with Crippen molar-refractivity contribution < 1.29 is 0 Å². The Bertz CT molecular complexity index is 582. The monoisotopic (exact) mass is 251 g/mol. The molecular weight excluding hydrogens is 230 g/mol. The fraction of sp³-hybridized carbons (Fsp3) is 0.333. The van der Waals surface area contributed by atoms with Crippen molar-refractivity contribution >= 4 is 0 Å². The van der Waals surface area contributed by atoms with E-state index in [1.807, 2.05) is 0 Å². The molecule has 0 saturated heterocycles. The first-order chi connectivity index (χ1) is 9.22. The largest absolute Gasteiger partial charge is 0.310 e. The Labute approximate surface area is 115 Å². The van der Waals surface area contributed by atoms with Crippen molar-refractivity contribution in [2.24, 2.45) is 0 Å². The molecule has 19 heavy (non-hydrogen) atoms. The molecule has 0 atom stereocenters. The van der Waals surface area contributed by atoms with Gasteiger partial charge < -0.3 is 5.32 Å². The van der Waals surface area contributed by atoms with E-state index in [9.17, 15) is 0 Å². The quantitative estimate of drug-likeness (QED) is 0.857. The van der Waals surface area contributed by atoms with Crippen molar-refractivity contribution in [2.45, 2.75) is 39.3 Å². The van der Waals surface area contributed by atoms with Gasteiger partial charge in [0.1, 0.15) is 0 Å². The number of hydrogen-bond acceptors (Lipinski definition) is 1. The van der Waals surface area contributed by atoms with Gasteiger partial charge in [-0.25, -0.2) is 0 Å². The van der Waals surface area contributed by atoms with Gasteiger partial charge in [0.25, 0.3) is 0 Å². The molecular formula is C18H21N. The third-order valence-electron chi connectivity index (χ3n) is 3.94. The van der Waals surface area contributed by atoms with E-state index < -0.39 is 0 Å². The second-order valence-corrected chi connectivity index (χ2v) is 5.65. The second-order valence-electron chi connectivity index (χ2n) is 5.65. The van der Waals surface area contributed by atoms with E-state index >= 15 is 0 Å². The maximum absolute atomic E-state index is 3.57. The highest BCUT2D eigenvalue weighted by Crippen LogP contribution is 2.24. The first-order valence-corrected chi connectivity index (χ1v) is 7.12. The predicted molar refractivity (Wildman–Crippen MR) is 81.2 cm³/mol. The van der Waals surface area contributed by atoms with Gasteiger partial charge >= 0.3 is 0 Å². The topological polar surface area (TPSA) is 12.0 Å². The summed E-state index contributed by atoms with van der Waals surface area (Å²) >= 11 is 0. The van der Waals surface area contributed by atoms with Crippen molar-refractivity contribution in [1.82, 2.24) is 5.32 Å². The zero-order valence-electron chi connectivity index (χ0n) is 11.7. The van der Waals surface area contributed by atoms with Crippen molar-refractivity contribution in [1.29, 1.82) is 0 Å². The molecule has 3 rings (SSSR count). The highest BCUT2D eigenvalue weighted by molar-refractivity contribution is 5.65. The maximum atomic E-state index is 3.57. The summed E-state index contributed by atoms with van der Waals surface area (Å²) in [5.41, 5.74) is 6.73. The summed E-state index contributed by atoms with van der Waals surface area (Å²) in [7, 11) is 0. The van der Waals surface area contributed by atoms with Crippen LogP contribution >= 0.6 is 0 Å². The van der Waals surface area contributed by atoms with E-state index in [-0.39, 0.29) is 0 Å². The fourth-order valence-electron chi connectivity index (χ4n) is 2.33. The van der Waals surface area contributed by atoms with E-state index in [1.165, 1.54) is 40.7 Å². The molecule has 0 unspecified atom stereocenters. The highest BCUT2D eigenvalue weighted by Gasteiger charge is 2.19. The van der Waals surface area contributed by atoms with Crippen LogP contribution in [0.3, 0.4) is 0 Å². The lowest BCUT2D eigenvalue weighted by atomic mass is 9.99. The van der Waals surface area contributed by atoms with Crippen molar-refractivity contribution in [2.75, 3.05) is 0 Å². The van der Waals surface area contributed by atoms with Crippen LogP contribution in [0.2, 0.25) is 0 Å². The van der Waals surface area contributed by atoms with Crippen LogP contribution in [0.5, 0.6) is 0 Å². The predicted octanol–water partition coefficient (Wildman–Crippen LogP) is 4.22. The van der Waals surface area contributed by atoms with Gasteiger partial charge in [-0.3, -0.25) is 0 Å². The fourth-order valence-corrected chi connectivity index (χ4v) is 2.33. The third kappa shape index (κ3) is 3.05. The normalized spacial score (nSPS) is 14.6. The van der Waals surface area contributed by atoms with Gasteiger partial charge in [0, 0.05) is 12.6 Å². The second kappa shape index (κ2) is 5.18. The zero-order chi connectivity index (χ0) is 13.2. The lowest BCUT2D eigenvalue weighted by Gasteiger charge is -2.08. The number of nitrogens with one attached hydrogen (secondary N) is 1. The molecule has 98 valence electrons. The molecule has 1 nitrogen and oxygen atoms in total. The van der Waals surface area contributed by atoms with E-state index in [2.05, 4.69) is 61.6 Å². The molecule has 1 N–H and O–H groups in total. The van der Waals surface area contributed by atoms with E-state index in [4.69, 9.17) is 0 Å². The van der Waals surface area contributed by atoms with Crippen LogP contribution in [0.15, 0.2) is 42.5 Å². The van der Waals surface area contributed by atoms with Crippen LogP contribution < -0.4 is 5.32 Å². The first kappa shape index (κ1) is 12.4. The minimum atomic E-state index is 0.769. The van der Waals surface area contributed by atoms with Crippen molar-refractivity contribution in [3.05, 3.63) is 59.2 Å². The average molecular weight is 251 g/mol. The Morgan fingerprint density at radius 1 is 0.947 bits per heavy atom. The van der Waals surface area contributed by atoms with Crippen molar-refractivity contribution in [3.8, 4) is 11.1 Å². The van der Waals surface area contributed by atoms with Crippen LogP contribution in [-0.2, 0) is 6.54 Å². The summed E-state index contributed by atoms with van der Waals surface area (Å²) in [5.74, 6) is 0. The van der Waals surface area contributed by atoms with E-state index in [0.717, 1.165) is 12.6 Å². The Hall–Kier alpha value is -1.60. The van der Waals surface area contributed by atoms with Gasteiger partial charge in [-0.05, 0) is 60.6 Å². The standard InChI is InChI=1S/C18H21N/c1-13-6-7-17(10-14(13)2)16-5-3-4-15(11-16)12-19-18-8-9-18/h3-7,10-11,18-19H,8-9,12H2,1-2H3. The molecule has 0 bridgehead atoms. The van der Waals surface area contributed by atoms with Gasteiger partial charge in [0.05, 0.1) is 0 Å². The van der Waals surface area contributed by atoms with E-state index in [1.54, 1.807) is 0 Å². The van der Waals surface area contributed by atoms with Crippen LogP contribution in [0.4, 0.5) is 0 Å². The first-order valence-electron chi connectivity index (χ1n) is 7.12. The molecule has 0 spiro atoms. The molecule has 0 heterocycles. The summed E-state index contributed by atoms with van der Waals surface area (Å²) < 4.78 is 0. The van der Waals surface area contributed by atoms with E-state index in [0.29, 0.717) is 0 Å². The summed E-state index contributed by atoms with van der Waals surface area (Å²) in [6.07, 6.45) is 2.69. The average Bonchev–Trinajstić information content (AvgIpc) is 3.24. The number of aryl methyl sites for hydroxylation is 2. The molecule has 0 radical (unpaired) electrons. The Kier molecular flexibility index (Phi) is 3.39. The maximum Gasteiger partial charge on any atom is 0.0208 e. The zero-order valence-corrected chi connectivity index (χ0v) is 11.7. The molecule has 1 aliphatic carbocycles. The van der Waals surface area contributed by atoms with Gasteiger partial charge in [-0.2, -0.15) is 0 Å². The van der Waals surface area contributed by atoms with Gasteiger partial charge in [0.15, 0.2) is 0 Å². The van der Waals surface area contributed by atoms with Gasteiger partial charge in [-0.1, -0.05) is 36.4 Å². The van der Waals surface area contributed by atoms with Crippen molar-refractivity contribution in [3.63, 3.8) is 0 Å². The molecule has 0 aromatic heterocycles. The number of benzene rings is 2. The Morgan fingerprint density at radius 2 is 1.74 bits per heavy atom. The molecule has 1 saturated carbocycles. The van der Waals surface area contributed by atoms with Gasteiger partial charge in [-0.15, -0.1) is 0 Å². The summed E-state index contributed by atoms with van der Waals surface area (Å²) in [6.45, 7) is 5.33. The molecule has 1 fully saturated rings. The molecule has 0 aliphatic heterocycles. The molecule has 2 aromatic carbocycles. The Morgan fingerprint density at radius 3 is 2.47 bits per heavy atom. The van der Waals surface area contributed by atoms with Crippen LogP contribution in [-0.4, -0.2) is 6.04 Å². The SMILES string of the molecule is Cc1ccc(-c2cccc(CNC3CC3)c2)cc1C. The summed E-state index contributed by atoms with van der Waals surface area (Å²) in [4.78, 5) is 0. The smallest absolute Gasteiger partial charge is 0.0208 e. The van der Waals surface area contributed by atoms with Crippen LogP contribution in [0.1, 0.15) is 29.5 Å². The molecule has 0 amide bonds. The van der Waals surface area contributed by atoms with Gasteiger partial charge in [0.2, 0.25) is 0 Å². The number of hydrogen-bond donors (Lipinski definition) is 1. The summed E-state index contributed by atoms with van der Waals surface area (Å²) in [5, 5.41) is 3.57. The minimum absolute atomic E-state index is 0.769. The summed E-state index contributed by atoms with van der Waals surface area (Å²) in [6, 6.07) is 16.3. The highest BCUT2D eigenvalue weighted by atomic mass is 14.9. The Balaban J connectivity index is 1.82. The number of rotatable bonds is 4. The molecule has 2 aromatic rings.